The van der Waals surface area contributed by atoms with Gasteiger partial charge in [-0.15, -0.1) is 0 Å². The van der Waals surface area contributed by atoms with Gasteiger partial charge in [0.25, 0.3) is 11.5 Å². The molecule has 1 unspecified atom stereocenters. The molecule has 2 aromatic rings. The number of amides is 2. The third kappa shape index (κ3) is 6.99. The molecule has 2 amide bonds. The van der Waals surface area contributed by atoms with Crippen LogP contribution in [0.1, 0.15) is 18.9 Å². The van der Waals surface area contributed by atoms with Gasteiger partial charge in [-0.3, -0.25) is 19.7 Å². The number of hydrogen-bond acceptors (Lipinski definition) is 9. The molecule has 0 saturated carbocycles. The molecule has 2 heterocycles. The molecule has 1 aromatic carbocycles. The van der Waals surface area contributed by atoms with Crippen molar-refractivity contribution in [2.24, 2.45) is 5.11 Å². The second-order valence-corrected chi connectivity index (χ2v) is 7.35. The smallest absolute Gasteiger partial charge is 0.275 e. The highest BCUT2D eigenvalue weighted by Gasteiger charge is 2.30. The van der Waals surface area contributed by atoms with Crippen LogP contribution in [-0.2, 0) is 23.8 Å². The van der Waals surface area contributed by atoms with E-state index < -0.39 is 11.9 Å². The van der Waals surface area contributed by atoms with E-state index in [1.165, 1.54) is 0 Å². The summed E-state index contributed by atoms with van der Waals surface area (Å²) < 4.78 is 17.3. The first-order chi connectivity index (χ1) is 16.6. The van der Waals surface area contributed by atoms with E-state index in [-0.39, 0.29) is 24.3 Å². The van der Waals surface area contributed by atoms with Gasteiger partial charge in [0.15, 0.2) is 0 Å². The van der Waals surface area contributed by atoms with Crippen molar-refractivity contribution in [2.45, 2.75) is 18.9 Å². The average Bonchev–Trinajstić information content (AvgIpc) is 2.83. The van der Waals surface area contributed by atoms with Gasteiger partial charge in [-0.25, -0.2) is 4.68 Å². The fourth-order valence-corrected chi connectivity index (χ4v) is 3.43. The number of aromatic nitrogens is 2. The Kier molecular flexibility index (Phi) is 9.80. The molecule has 182 valence electrons. The molecule has 34 heavy (non-hydrogen) atoms. The lowest BCUT2D eigenvalue weighted by molar-refractivity contribution is -0.136. The van der Waals surface area contributed by atoms with Crippen LogP contribution in [0.3, 0.4) is 0 Å². The third-order valence-electron chi connectivity index (χ3n) is 5.07. The van der Waals surface area contributed by atoms with Crippen LogP contribution in [0, 0.1) is 0 Å². The number of anilines is 1. The maximum absolute atomic E-state index is 12.9. The topological polar surface area (TPSA) is 170 Å². The van der Waals surface area contributed by atoms with E-state index in [2.05, 4.69) is 25.8 Å². The van der Waals surface area contributed by atoms with E-state index in [1.54, 1.807) is 18.3 Å². The summed E-state index contributed by atoms with van der Waals surface area (Å²) in [7, 11) is 0. The molecule has 1 aromatic heterocycles. The Labute approximate surface area is 195 Å². The Morgan fingerprint density at radius 1 is 1.09 bits per heavy atom. The number of piperidine rings is 1. The monoisotopic (exact) mass is 473 g/mol. The molecule has 1 aliphatic rings. The number of fused-ring (bicyclic) bond motifs is 1. The lowest BCUT2D eigenvalue weighted by atomic mass is 10.1. The average molecular weight is 473 g/mol. The summed E-state index contributed by atoms with van der Waals surface area (Å²) in [4.78, 5) is 39.1. The number of azide groups is 1. The number of carbonyl (C=O) groups excluding carboxylic acids is 2. The summed E-state index contributed by atoms with van der Waals surface area (Å²) >= 11 is 0. The minimum absolute atomic E-state index is 0.169. The van der Waals surface area contributed by atoms with Crippen molar-refractivity contribution in [3.05, 3.63) is 45.2 Å². The molecular weight excluding hydrogens is 446 g/mol. The molecule has 0 aliphatic carbocycles. The van der Waals surface area contributed by atoms with Gasteiger partial charge in [-0.1, -0.05) is 11.2 Å². The van der Waals surface area contributed by atoms with Gasteiger partial charge >= 0.3 is 0 Å². The van der Waals surface area contributed by atoms with E-state index in [0.717, 1.165) is 10.4 Å². The number of carbonyl (C=O) groups is 2. The number of hydrogen-bond donors (Lipinski definition) is 2. The van der Waals surface area contributed by atoms with Gasteiger partial charge in [-0.05, 0) is 24.1 Å². The molecule has 2 N–H and O–H groups in total. The van der Waals surface area contributed by atoms with Gasteiger partial charge < -0.3 is 19.5 Å². The Morgan fingerprint density at radius 3 is 2.56 bits per heavy atom. The van der Waals surface area contributed by atoms with Crippen LogP contribution in [0.4, 0.5) is 5.69 Å². The van der Waals surface area contributed by atoms with Gasteiger partial charge in [0, 0.05) is 35.5 Å². The summed E-state index contributed by atoms with van der Waals surface area (Å²) in [6.45, 7) is 3.31. The number of rotatable bonds is 14. The largest absolute Gasteiger partial charge is 0.382 e. The van der Waals surface area contributed by atoms with Crippen LogP contribution < -0.4 is 16.2 Å². The van der Waals surface area contributed by atoms with Gasteiger partial charge in [0.05, 0.1) is 51.2 Å². The Bertz CT molecular complexity index is 1100. The summed E-state index contributed by atoms with van der Waals surface area (Å²) in [5.74, 6) is -0.860. The lowest BCUT2D eigenvalue weighted by Gasteiger charge is -2.22. The predicted molar refractivity (Wildman–Crippen MR) is 122 cm³/mol. The molecule has 3 rings (SSSR count). The Hall–Kier alpha value is -3.51. The summed E-state index contributed by atoms with van der Waals surface area (Å²) in [5.41, 5.74) is 8.49. The zero-order valence-electron chi connectivity index (χ0n) is 18.6. The van der Waals surface area contributed by atoms with Crippen molar-refractivity contribution in [1.82, 2.24) is 15.1 Å². The normalized spacial score (nSPS) is 15.7. The van der Waals surface area contributed by atoms with Crippen LogP contribution in [0.15, 0.2) is 34.3 Å². The molecule has 13 heteroatoms. The summed E-state index contributed by atoms with van der Waals surface area (Å²) in [5, 5.41) is 14.1. The minimum Gasteiger partial charge on any atom is -0.382 e. The molecule has 0 radical (unpaired) electrons. The maximum atomic E-state index is 12.9. The van der Waals surface area contributed by atoms with Crippen LogP contribution in [-0.4, -0.2) is 74.3 Å². The van der Waals surface area contributed by atoms with Gasteiger partial charge in [-0.2, -0.15) is 5.10 Å². The number of imide groups is 1. The van der Waals surface area contributed by atoms with Gasteiger partial charge in [0.1, 0.15) is 6.04 Å². The van der Waals surface area contributed by atoms with Crippen molar-refractivity contribution in [1.29, 1.82) is 0 Å². The predicted octanol–water partition coefficient (Wildman–Crippen LogP) is 1.15. The number of benzene rings is 1. The molecular formula is C21H27N7O6. The number of nitrogens with one attached hydrogen (secondary N) is 2. The maximum Gasteiger partial charge on any atom is 0.275 e. The molecule has 13 nitrogen and oxygen atoms in total. The first-order valence-corrected chi connectivity index (χ1v) is 10.9. The molecule has 1 aliphatic heterocycles. The van der Waals surface area contributed by atoms with Crippen molar-refractivity contribution in [3.63, 3.8) is 0 Å². The van der Waals surface area contributed by atoms with Gasteiger partial charge in [0.2, 0.25) is 5.91 Å². The molecule has 1 atom stereocenters. The summed E-state index contributed by atoms with van der Waals surface area (Å²) in [6, 6.07) is 4.47. The van der Waals surface area contributed by atoms with Crippen LogP contribution in [0.5, 0.6) is 0 Å². The highest BCUT2D eigenvalue weighted by atomic mass is 16.5. The highest BCUT2D eigenvalue weighted by molar-refractivity contribution is 5.99. The zero-order valence-corrected chi connectivity index (χ0v) is 18.6. The first-order valence-electron chi connectivity index (χ1n) is 10.9. The molecule has 1 saturated heterocycles. The minimum atomic E-state index is -0.800. The third-order valence-corrected chi connectivity index (χ3v) is 5.07. The van der Waals surface area contributed by atoms with E-state index >= 15 is 0 Å². The molecule has 1 fully saturated rings. The summed E-state index contributed by atoms with van der Waals surface area (Å²) in [6.07, 6.45) is 1.96. The SMILES string of the molecule is [N-]=[N+]=NCCOCCOCCOCCNc1cccc2c(=O)n(C3CCC(=O)NC3=O)ncc12. The van der Waals surface area contributed by atoms with Crippen LogP contribution in [0.2, 0.25) is 0 Å². The second-order valence-electron chi connectivity index (χ2n) is 7.35. The van der Waals surface area contributed by atoms with Crippen molar-refractivity contribution in [3.8, 4) is 0 Å². The second kappa shape index (κ2) is 13.3. The molecule has 0 spiro atoms. The lowest BCUT2D eigenvalue weighted by Crippen LogP contribution is -2.45. The Morgan fingerprint density at radius 2 is 1.82 bits per heavy atom. The highest BCUT2D eigenvalue weighted by Crippen LogP contribution is 2.22. The van der Waals surface area contributed by atoms with Crippen molar-refractivity contribution < 1.29 is 23.8 Å². The van der Waals surface area contributed by atoms with E-state index in [1.807, 2.05) is 6.07 Å². The standard InChI is InChI=1S/C21H27N7O6/c22-27-24-7-9-33-11-13-34-12-10-32-8-6-23-17-3-1-2-15-16(17)14-25-28(21(15)31)18-4-5-19(29)26-20(18)30/h1-3,14,18,23H,4-13H2,(H,26,29,30). The van der Waals surface area contributed by atoms with E-state index in [9.17, 15) is 14.4 Å². The van der Waals surface area contributed by atoms with Crippen molar-refractivity contribution in [2.75, 3.05) is 58.0 Å². The number of ether oxygens (including phenoxy) is 3. The first kappa shape index (κ1) is 25.1. The quantitative estimate of drug-likeness (QED) is 0.135. The molecule has 0 bridgehead atoms. The fraction of sp³-hybridized carbons (Fsp3) is 0.524. The van der Waals surface area contributed by atoms with E-state index in [0.29, 0.717) is 63.5 Å². The van der Waals surface area contributed by atoms with Crippen molar-refractivity contribution >= 4 is 28.3 Å². The zero-order chi connectivity index (χ0) is 24.2. The van der Waals surface area contributed by atoms with E-state index in [4.69, 9.17) is 19.7 Å². The van der Waals surface area contributed by atoms with Crippen LogP contribution >= 0.6 is 0 Å². The number of nitrogens with zero attached hydrogens (tertiary/aromatic N) is 5. The Balaban J connectivity index is 1.42. The van der Waals surface area contributed by atoms with Crippen LogP contribution in [0.25, 0.3) is 21.2 Å². The fourth-order valence-electron chi connectivity index (χ4n) is 3.43.